The summed E-state index contributed by atoms with van der Waals surface area (Å²) in [6, 6.07) is 14.1. The zero-order chi connectivity index (χ0) is 21.7. The molecule has 31 heavy (non-hydrogen) atoms. The number of hydrogen-bond donors (Lipinski definition) is 0. The average molecular weight is 415 g/mol. The largest absolute Gasteiger partial charge is 0.497 e. The van der Waals surface area contributed by atoms with Crippen molar-refractivity contribution in [2.45, 2.75) is 26.4 Å². The molecule has 0 saturated heterocycles. The van der Waals surface area contributed by atoms with E-state index < -0.39 is 6.04 Å². The molecule has 6 heteroatoms. The van der Waals surface area contributed by atoms with Crippen molar-refractivity contribution in [3.8, 4) is 5.75 Å². The van der Waals surface area contributed by atoms with Crippen molar-refractivity contribution >= 4 is 16.9 Å². The van der Waals surface area contributed by atoms with Crippen LogP contribution in [0, 0.1) is 13.8 Å². The number of carbonyl (C=O) groups excluding carboxylic acids is 1. The van der Waals surface area contributed by atoms with Crippen LogP contribution in [0.5, 0.6) is 5.75 Å². The Hall–Kier alpha value is -3.80. The number of fused-ring (bicyclic) bond motifs is 2. The Bertz CT molecular complexity index is 1350. The number of hydrogen-bond acceptors (Lipinski definition) is 5. The van der Waals surface area contributed by atoms with E-state index in [-0.39, 0.29) is 23.6 Å². The highest BCUT2D eigenvalue weighted by Crippen LogP contribution is 2.40. The van der Waals surface area contributed by atoms with Crippen molar-refractivity contribution in [3.05, 3.63) is 98.8 Å². The number of benzene rings is 2. The molecule has 0 aliphatic carbocycles. The standard InChI is InChI=1S/C25H21NO5/c1-14-11-15(2)20-19(12-14)31-24-21(23(20)27)22(16-6-8-17(29-3)9-7-16)26(25(24)28)13-18-5-4-10-30-18/h4-12,22H,13H2,1-3H3. The maximum Gasteiger partial charge on any atom is 0.291 e. The van der Waals surface area contributed by atoms with Crippen LogP contribution in [0.4, 0.5) is 0 Å². The Morgan fingerprint density at radius 1 is 1.06 bits per heavy atom. The van der Waals surface area contributed by atoms with Crippen LogP contribution in [-0.2, 0) is 6.54 Å². The van der Waals surface area contributed by atoms with E-state index in [1.165, 1.54) is 0 Å². The molecule has 1 aliphatic rings. The Labute approximate surface area is 178 Å². The third-order valence-corrected chi connectivity index (χ3v) is 5.75. The van der Waals surface area contributed by atoms with Crippen molar-refractivity contribution < 1.29 is 18.4 Å². The van der Waals surface area contributed by atoms with Crippen molar-refractivity contribution in [1.82, 2.24) is 4.90 Å². The molecule has 1 atom stereocenters. The number of nitrogens with zero attached hydrogens (tertiary/aromatic N) is 1. The summed E-state index contributed by atoms with van der Waals surface area (Å²) in [6.45, 7) is 4.05. The Morgan fingerprint density at radius 2 is 1.84 bits per heavy atom. The summed E-state index contributed by atoms with van der Waals surface area (Å²) in [5.41, 5.74) is 3.22. The highest BCUT2D eigenvalue weighted by atomic mass is 16.5. The van der Waals surface area contributed by atoms with E-state index in [1.54, 1.807) is 36.5 Å². The Kier molecular flexibility index (Phi) is 4.43. The number of ether oxygens (including phenoxy) is 1. The van der Waals surface area contributed by atoms with E-state index in [9.17, 15) is 9.59 Å². The fourth-order valence-corrected chi connectivity index (χ4v) is 4.38. The summed E-state index contributed by atoms with van der Waals surface area (Å²) in [7, 11) is 1.60. The van der Waals surface area contributed by atoms with Gasteiger partial charge >= 0.3 is 0 Å². The summed E-state index contributed by atoms with van der Waals surface area (Å²) in [5, 5.41) is 0.510. The van der Waals surface area contributed by atoms with Gasteiger partial charge in [0.05, 0.1) is 36.9 Å². The van der Waals surface area contributed by atoms with Gasteiger partial charge in [0.2, 0.25) is 5.76 Å². The van der Waals surface area contributed by atoms with Gasteiger partial charge in [-0.3, -0.25) is 9.59 Å². The third-order valence-electron chi connectivity index (χ3n) is 5.75. The molecule has 0 radical (unpaired) electrons. The van der Waals surface area contributed by atoms with E-state index in [2.05, 4.69) is 0 Å². The van der Waals surface area contributed by atoms with Crippen molar-refractivity contribution in [2.75, 3.05) is 7.11 Å². The molecule has 1 unspecified atom stereocenters. The number of aryl methyl sites for hydroxylation is 2. The molecule has 0 fully saturated rings. The lowest BCUT2D eigenvalue weighted by molar-refractivity contribution is 0.0701. The van der Waals surface area contributed by atoms with Crippen molar-refractivity contribution in [3.63, 3.8) is 0 Å². The van der Waals surface area contributed by atoms with Crippen LogP contribution in [0.2, 0.25) is 0 Å². The molecule has 0 saturated carbocycles. The molecule has 0 spiro atoms. The summed E-state index contributed by atoms with van der Waals surface area (Å²) in [4.78, 5) is 28.7. The maximum absolute atomic E-state index is 13.7. The number of rotatable bonds is 4. The molecule has 2 aromatic carbocycles. The van der Waals surface area contributed by atoms with Gasteiger partial charge in [0.1, 0.15) is 17.1 Å². The number of methoxy groups -OCH3 is 1. The first-order valence-electron chi connectivity index (χ1n) is 10.0. The van der Waals surface area contributed by atoms with Crippen LogP contribution in [-0.4, -0.2) is 17.9 Å². The summed E-state index contributed by atoms with van der Waals surface area (Å²) >= 11 is 0. The normalized spacial score (nSPS) is 15.5. The first-order chi connectivity index (χ1) is 15.0. The molecule has 0 N–H and O–H groups in total. The highest BCUT2D eigenvalue weighted by Gasteiger charge is 2.43. The van der Waals surface area contributed by atoms with Crippen molar-refractivity contribution in [2.24, 2.45) is 0 Å². The minimum Gasteiger partial charge on any atom is -0.497 e. The second-order valence-corrected chi connectivity index (χ2v) is 7.82. The zero-order valence-electron chi connectivity index (χ0n) is 17.5. The average Bonchev–Trinajstić information content (AvgIpc) is 3.35. The number of furan rings is 1. The highest BCUT2D eigenvalue weighted by molar-refractivity contribution is 5.99. The molecule has 2 aromatic heterocycles. The van der Waals surface area contributed by atoms with Crippen LogP contribution >= 0.6 is 0 Å². The lowest BCUT2D eigenvalue weighted by Crippen LogP contribution is -2.29. The molecule has 3 heterocycles. The second-order valence-electron chi connectivity index (χ2n) is 7.82. The van der Waals surface area contributed by atoms with Gasteiger partial charge in [-0.15, -0.1) is 0 Å². The molecule has 156 valence electrons. The van der Waals surface area contributed by atoms with Gasteiger partial charge in [0.15, 0.2) is 5.43 Å². The number of carbonyl (C=O) groups is 1. The van der Waals surface area contributed by atoms with E-state index in [4.69, 9.17) is 13.6 Å². The predicted molar refractivity (Wildman–Crippen MR) is 115 cm³/mol. The molecule has 1 amide bonds. The third kappa shape index (κ3) is 3.03. The van der Waals surface area contributed by atoms with E-state index in [1.807, 2.05) is 44.2 Å². The van der Waals surface area contributed by atoms with Gasteiger partial charge in [-0.25, -0.2) is 0 Å². The molecule has 6 nitrogen and oxygen atoms in total. The monoisotopic (exact) mass is 415 g/mol. The minimum absolute atomic E-state index is 0.0925. The summed E-state index contributed by atoms with van der Waals surface area (Å²) < 4.78 is 16.8. The van der Waals surface area contributed by atoms with Crippen LogP contribution in [0.15, 0.2) is 68.4 Å². The lowest BCUT2D eigenvalue weighted by Gasteiger charge is -2.24. The second kappa shape index (κ2) is 7.16. The van der Waals surface area contributed by atoms with Crippen LogP contribution in [0.3, 0.4) is 0 Å². The van der Waals surface area contributed by atoms with Crippen LogP contribution < -0.4 is 10.2 Å². The van der Waals surface area contributed by atoms with E-state index in [0.29, 0.717) is 28.0 Å². The van der Waals surface area contributed by atoms with Gasteiger partial charge in [-0.05, 0) is 60.9 Å². The maximum atomic E-state index is 13.7. The van der Waals surface area contributed by atoms with Gasteiger partial charge < -0.3 is 18.5 Å². The first kappa shape index (κ1) is 19.2. The fourth-order valence-electron chi connectivity index (χ4n) is 4.38. The number of amides is 1. The molecule has 4 aromatic rings. The summed E-state index contributed by atoms with van der Waals surface area (Å²) in [6.07, 6.45) is 1.56. The Balaban J connectivity index is 1.75. The topological polar surface area (TPSA) is 72.9 Å². The predicted octanol–water partition coefficient (Wildman–Crippen LogP) is 4.76. The molecular weight excluding hydrogens is 394 g/mol. The molecule has 0 bridgehead atoms. The van der Waals surface area contributed by atoms with Gasteiger partial charge in [0.25, 0.3) is 5.91 Å². The molecule has 1 aliphatic heterocycles. The minimum atomic E-state index is -0.583. The quantitative estimate of drug-likeness (QED) is 0.481. The lowest BCUT2D eigenvalue weighted by atomic mass is 9.97. The van der Waals surface area contributed by atoms with Crippen LogP contribution in [0.1, 0.15) is 44.6 Å². The first-order valence-corrected chi connectivity index (χ1v) is 10.0. The smallest absolute Gasteiger partial charge is 0.291 e. The van der Waals surface area contributed by atoms with E-state index >= 15 is 0 Å². The molecular formula is C25H21NO5. The van der Waals surface area contributed by atoms with Gasteiger partial charge in [0, 0.05) is 0 Å². The summed E-state index contributed by atoms with van der Waals surface area (Å²) in [5.74, 6) is 1.09. The fraction of sp³-hybridized carbons (Fsp3) is 0.200. The van der Waals surface area contributed by atoms with Crippen molar-refractivity contribution in [1.29, 1.82) is 0 Å². The molecule has 5 rings (SSSR count). The van der Waals surface area contributed by atoms with Gasteiger partial charge in [-0.2, -0.15) is 0 Å². The zero-order valence-corrected chi connectivity index (χ0v) is 17.5. The van der Waals surface area contributed by atoms with E-state index in [0.717, 1.165) is 16.7 Å². The van der Waals surface area contributed by atoms with Gasteiger partial charge in [-0.1, -0.05) is 18.2 Å². The SMILES string of the molecule is COc1ccc(C2c3c(oc4cc(C)cc(C)c4c3=O)C(=O)N2Cc2ccco2)cc1. The Morgan fingerprint density at radius 3 is 2.52 bits per heavy atom. The van der Waals surface area contributed by atoms with Crippen LogP contribution in [0.25, 0.3) is 11.0 Å².